The number of nitrogens with zero attached hydrogens (tertiary/aromatic N) is 2. The summed E-state index contributed by atoms with van der Waals surface area (Å²) in [7, 11) is 0. The molecule has 0 amide bonds. The molecule has 2 rings (SSSR count). The first kappa shape index (κ1) is 9.21. The molecule has 1 aromatic heterocycles. The Labute approximate surface area is 81.5 Å². The van der Waals surface area contributed by atoms with E-state index in [9.17, 15) is 4.79 Å². The Morgan fingerprint density at radius 3 is 3.29 bits per heavy atom. The molecule has 3 N–H and O–H groups in total. The van der Waals surface area contributed by atoms with Crippen LogP contribution in [-0.2, 0) is 24.2 Å². The summed E-state index contributed by atoms with van der Waals surface area (Å²) in [5, 5.41) is 8.67. The van der Waals surface area contributed by atoms with E-state index in [1.165, 1.54) is 0 Å². The van der Waals surface area contributed by atoms with Crippen LogP contribution in [0.1, 0.15) is 17.9 Å². The van der Waals surface area contributed by atoms with Gasteiger partial charge < -0.3 is 15.4 Å². The lowest BCUT2D eigenvalue weighted by Gasteiger charge is -2.07. The molecule has 0 fully saturated rings. The van der Waals surface area contributed by atoms with Crippen LogP contribution < -0.4 is 5.73 Å². The molecule has 76 valence electrons. The van der Waals surface area contributed by atoms with E-state index in [1.807, 2.05) is 0 Å². The van der Waals surface area contributed by atoms with Gasteiger partial charge in [-0.25, -0.2) is 4.98 Å². The van der Waals surface area contributed by atoms with Crippen molar-refractivity contribution in [3.05, 3.63) is 17.7 Å². The van der Waals surface area contributed by atoms with Crippen LogP contribution >= 0.6 is 0 Å². The number of rotatable bonds is 3. The summed E-state index contributed by atoms with van der Waals surface area (Å²) in [5.41, 5.74) is 6.40. The molecule has 0 saturated carbocycles. The Morgan fingerprint density at radius 1 is 1.79 bits per heavy atom. The van der Waals surface area contributed by atoms with Crippen LogP contribution in [0.4, 0.5) is 0 Å². The van der Waals surface area contributed by atoms with Crippen molar-refractivity contribution < 1.29 is 9.90 Å². The maximum absolute atomic E-state index is 10.6. The summed E-state index contributed by atoms with van der Waals surface area (Å²) in [5.74, 6) is 0.0936. The fourth-order valence-electron chi connectivity index (χ4n) is 1.80. The second-order valence-corrected chi connectivity index (χ2v) is 3.57. The minimum atomic E-state index is -0.960. The van der Waals surface area contributed by atoms with Crippen LogP contribution in [0.2, 0.25) is 0 Å². The second kappa shape index (κ2) is 3.42. The minimum absolute atomic E-state index is 0.363. The van der Waals surface area contributed by atoms with Crippen molar-refractivity contribution in [3.63, 3.8) is 0 Å². The Morgan fingerprint density at radius 2 is 2.57 bits per heavy atom. The normalized spacial score (nSPS) is 16.6. The molecule has 0 aromatic carbocycles. The van der Waals surface area contributed by atoms with Crippen molar-refractivity contribution in [1.29, 1.82) is 0 Å². The summed E-state index contributed by atoms with van der Waals surface area (Å²) >= 11 is 0. The van der Waals surface area contributed by atoms with Crippen LogP contribution in [0.3, 0.4) is 0 Å². The van der Waals surface area contributed by atoms with Crippen LogP contribution in [0.25, 0.3) is 0 Å². The summed E-state index contributed by atoms with van der Waals surface area (Å²) < 4.78 is 2.07. The van der Waals surface area contributed by atoms with Gasteiger partial charge in [0.15, 0.2) is 0 Å². The third kappa shape index (κ3) is 1.50. The molecule has 14 heavy (non-hydrogen) atoms. The van der Waals surface area contributed by atoms with Gasteiger partial charge in [0.05, 0.1) is 0 Å². The largest absolute Gasteiger partial charge is 0.480 e. The highest BCUT2D eigenvalue weighted by atomic mass is 16.4. The van der Waals surface area contributed by atoms with Gasteiger partial charge in [0, 0.05) is 31.3 Å². The molecular formula is C9H13N3O2. The molecule has 0 spiro atoms. The number of aromatic nitrogens is 2. The first-order valence-electron chi connectivity index (χ1n) is 4.70. The Hall–Kier alpha value is -1.36. The predicted octanol–water partition coefficient (Wildman–Crippen LogP) is -0.216. The Kier molecular flexibility index (Phi) is 2.25. The number of carbonyl (C=O) groups is 1. The van der Waals surface area contributed by atoms with Crippen molar-refractivity contribution in [1.82, 2.24) is 9.55 Å². The zero-order valence-corrected chi connectivity index (χ0v) is 7.81. The number of carboxylic acid groups (broad SMARTS) is 1. The Bertz CT molecular complexity index is 359. The molecule has 1 aromatic rings. The SMILES string of the molecule is NC(Cc1cnc2n1CCC2)C(=O)O. The number of fused-ring (bicyclic) bond motifs is 1. The number of nitrogens with two attached hydrogens (primary N) is 1. The number of carboxylic acids is 1. The fraction of sp³-hybridized carbons (Fsp3) is 0.556. The quantitative estimate of drug-likeness (QED) is 0.699. The van der Waals surface area contributed by atoms with Gasteiger partial charge in [0.1, 0.15) is 11.9 Å². The smallest absolute Gasteiger partial charge is 0.320 e. The monoisotopic (exact) mass is 195 g/mol. The van der Waals surface area contributed by atoms with E-state index in [0.717, 1.165) is 30.9 Å². The van der Waals surface area contributed by atoms with E-state index in [1.54, 1.807) is 6.20 Å². The van der Waals surface area contributed by atoms with Crippen molar-refractivity contribution in [2.24, 2.45) is 5.73 Å². The zero-order chi connectivity index (χ0) is 10.1. The van der Waals surface area contributed by atoms with Crippen molar-refractivity contribution >= 4 is 5.97 Å². The molecule has 1 aliphatic heterocycles. The first-order valence-corrected chi connectivity index (χ1v) is 4.70. The lowest BCUT2D eigenvalue weighted by Crippen LogP contribution is -2.33. The van der Waals surface area contributed by atoms with Gasteiger partial charge in [0.25, 0.3) is 0 Å². The lowest BCUT2D eigenvalue weighted by atomic mass is 10.2. The molecule has 0 radical (unpaired) electrons. The maximum atomic E-state index is 10.6. The van der Waals surface area contributed by atoms with Gasteiger partial charge >= 0.3 is 5.97 Å². The predicted molar refractivity (Wildman–Crippen MR) is 49.9 cm³/mol. The third-order valence-electron chi connectivity index (χ3n) is 2.55. The van der Waals surface area contributed by atoms with Crippen LogP contribution in [0, 0.1) is 0 Å². The number of hydrogen-bond acceptors (Lipinski definition) is 3. The van der Waals surface area contributed by atoms with Gasteiger partial charge in [-0.3, -0.25) is 4.79 Å². The molecule has 1 unspecified atom stereocenters. The highest BCUT2D eigenvalue weighted by molar-refractivity contribution is 5.73. The van der Waals surface area contributed by atoms with E-state index in [-0.39, 0.29) is 0 Å². The van der Waals surface area contributed by atoms with Crippen molar-refractivity contribution in [3.8, 4) is 0 Å². The summed E-state index contributed by atoms with van der Waals surface area (Å²) in [6.07, 6.45) is 4.18. The van der Waals surface area contributed by atoms with E-state index < -0.39 is 12.0 Å². The highest BCUT2D eigenvalue weighted by Gasteiger charge is 2.19. The highest BCUT2D eigenvalue weighted by Crippen LogP contribution is 2.16. The van der Waals surface area contributed by atoms with E-state index in [4.69, 9.17) is 10.8 Å². The number of aliphatic carboxylic acids is 1. The first-order chi connectivity index (χ1) is 6.68. The van der Waals surface area contributed by atoms with Crippen LogP contribution in [0.5, 0.6) is 0 Å². The van der Waals surface area contributed by atoms with Gasteiger partial charge in [-0.05, 0) is 6.42 Å². The van der Waals surface area contributed by atoms with Gasteiger partial charge in [0.2, 0.25) is 0 Å². The van der Waals surface area contributed by atoms with Gasteiger partial charge in [-0.1, -0.05) is 0 Å². The molecule has 1 atom stereocenters. The standard InChI is InChI=1S/C9H13N3O2/c10-7(9(13)14)4-6-5-11-8-2-1-3-12(6)8/h5,7H,1-4,10H2,(H,13,14). The molecule has 0 saturated heterocycles. The molecule has 1 aliphatic rings. The summed E-state index contributed by atoms with van der Waals surface area (Å²) in [6, 6.07) is -0.823. The number of aryl methyl sites for hydroxylation is 1. The zero-order valence-electron chi connectivity index (χ0n) is 7.81. The molecule has 5 nitrogen and oxygen atoms in total. The van der Waals surface area contributed by atoms with Gasteiger partial charge in [-0.2, -0.15) is 0 Å². The Balaban J connectivity index is 2.14. The minimum Gasteiger partial charge on any atom is -0.480 e. The van der Waals surface area contributed by atoms with Crippen LogP contribution in [0.15, 0.2) is 6.20 Å². The topological polar surface area (TPSA) is 81.1 Å². The van der Waals surface area contributed by atoms with Crippen molar-refractivity contribution in [2.75, 3.05) is 0 Å². The van der Waals surface area contributed by atoms with Crippen LogP contribution in [-0.4, -0.2) is 26.7 Å². The summed E-state index contributed by atoms with van der Waals surface area (Å²) in [6.45, 7) is 0.941. The third-order valence-corrected chi connectivity index (χ3v) is 2.55. The fourth-order valence-corrected chi connectivity index (χ4v) is 1.80. The summed E-state index contributed by atoms with van der Waals surface area (Å²) in [4.78, 5) is 14.8. The molecule has 0 bridgehead atoms. The van der Waals surface area contributed by atoms with E-state index >= 15 is 0 Å². The van der Waals surface area contributed by atoms with E-state index in [0.29, 0.717) is 6.42 Å². The second-order valence-electron chi connectivity index (χ2n) is 3.57. The molecule has 0 aliphatic carbocycles. The van der Waals surface area contributed by atoms with E-state index in [2.05, 4.69) is 9.55 Å². The molecular weight excluding hydrogens is 182 g/mol. The number of hydrogen-bond donors (Lipinski definition) is 2. The van der Waals surface area contributed by atoms with Gasteiger partial charge in [-0.15, -0.1) is 0 Å². The van der Waals surface area contributed by atoms with Crippen molar-refractivity contribution in [2.45, 2.75) is 31.8 Å². The average molecular weight is 195 g/mol. The molecule has 2 heterocycles. The molecule has 5 heteroatoms. The number of imidazole rings is 1. The lowest BCUT2D eigenvalue weighted by molar-refractivity contribution is -0.138. The average Bonchev–Trinajstić information content (AvgIpc) is 2.69. The maximum Gasteiger partial charge on any atom is 0.320 e.